The molecule has 102 valence electrons. The number of allylic oxidation sites excluding steroid dienone is 1. The largest absolute Gasteiger partial charge is 0.348 e. The number of rotatable bonds is 2. The Labute approximate surface area is 120 Å². The van der Waals surface area contributed by atoms with Crippen LogP contribution in [0, 0.1) is 5.92 Å². The zero-order valence-electron chi connectivity index (χ0n) is 11.5. The van der Waals surface area contributed by atoms with Gasteiger partial charge in [-0.05, 0) is 56.5 Å². The van der Waals surface area contributed by atoms with Gasteiger partial charge in [0.1, 0.15) is 0 Å². The Balaban J connectivity index is 1.76. The molecule has 1 fully saturated rings. The van der Waals surface area contributed by atoms with Crippen LogP contribution in [0.2, 0.25) is 5.02 Å². The maximum atomic E-state index is 6.15. The molecule has 0 bridgehead atoms. The first kappa shape index (κ1) is 13.0. The number of fused-ring (bicyclic) bond motifs is 1. The van der Waals surface area contributed by atoms with E-state index in [0.717, 1.165) is 23.9 Å². The van der Waals surface area contributed by atoms with Crippen molar-refractivity contribution in [3.8, 4) is 0 Å². The van der Waals surface area contributed by atoms with Gasteiger partial charge in [0.15, 0.2) is 0 Å². The summed E-state index contributed by atoms with van der Waals surface area (Å²) in [7, 11) is 2.23. The summed E-state index contributed by atoms with van der Waals surface area (Å²) in [5.41, 5.74) is 2.68. The molecule has 3 heteroatoms. The van der Waals surface area contributed by atoms with Gasteiger partial charge in [0, 0.05) is 30.0 Å². The highest BCUT2D eigenvalue weighted by molar-refractivity contribution is 6.30. The van der Waals surface area contributed by atoms with Crippen molar-refractivity contribution in [3.05, 3.63) is 41.1 Å². The Kier molecular flexibility index (Phi) is 3.81. The molecule has 3 rings (SSSR count). The predicted molar refractivity (Wildman–Crippen MR) is 81.9 cm³/mol. The maximum Gasteiger partial charge on any atom is 0.0456 e. The zero-order chi connectivity index (χ0) is 13.2. The Morgan fingerprint density at radius 1 is 1.37 bits per heavy atom. The van der Waals surface area contributed by atoms with Crippen LogP contribution in [0.15, 0.2) is 30.5 Å². The van der Waals surface area contributed by atoms with E-state index < -0.39 is 0 Å². The Bertz CT molecular complexity index is 484. The minimum atomic E-state index is 0.758. The summed E-state index contributed by atoms with van der Waals surface area (Å²) in [5, 5.41) is 0.833. The fourth-order valence-corrected chi connectivity index (χ4v) is 3.39. The van der Waals surface area contributed by atoms with Crippen molar-refractivity contribution in [3.63, 3.8) is 0 Å². The van der Waals surface area contributed by atoms with E-state index in [1.807, 2.05) is 6.07 Å². The summed E-state index contributed by atoms with van der Waals surface area (Å²) in [6, 6.07) is 6.25. The Hall–Kier alpha value is -0.990. The molecule has 1 atom stereocenters. The second-order valence-electron chi connectivity index (χ2n) is 5.78. The third-order valence-corrected chi connectivity index (χ3v) is 4.39. The van der Waals surface area contributed by atoms with E-state index >= 15 is 0 Å². The molecule has 0 amide bonds. The van der Waals surface area contributed by atoms with Gasteiger partial charge in [0.25, 0.3) is 0 Å². The summed E-state index contributed by atoms with van der Waals surface area (Å²) in [6.07, 6.45) is 8.16. The monoisotopic (exact) mass is 276 g/mol. The fraction of sp³-hybridized carbons (Fsp3) is 0.500. The smallest absolute Gasteiger partial charge is 0.0456 e. The molecule has 0 N–H and O–H groups in total. The van der Waals surface area contributed by atoms with Crippen molar-refractivity contribution in [1.82, 2.24) is 4.90 Å². The van der Waals surface area contributed by atoms with Crippen LogP contribution in [0.4, 0.5) is 5.69 Å². The first-order chi connectivity index (χ1) is 9.22. The predicted octanol–water partition coefficient (Wildman–Crippen LogP) is 3.56. The quantitative estimate of drug-likeness (QED) is 0.815. The van der Waals surface area contributed by atoms with Crippen molar-refractivity contribution >= 4 is 17.3 Å². The van der Waals surface area contributed by atoms with Gasteiger partial charge in [-0.3, -0.25) is 0 Å². The highest BCUT2D eigenvalue weighted by Crippen LogP contribution is 2.30. The van der Waals surface area contributed by atoms with E-state index in [9.17, 15) is 0 Å². The van der Waals surface area contributed by atoms with Crippen LogP contribution >= 0.6 is 11.6 Å². The standard InChI is InChI=1S/C16H21ClN2/c1-18-8-2-4-13(11-18)12-19-9-3-5-14-6-7-15(17)10-16(14)19/h3,6-7,9-10,13H,2,4-5,8,11-12H2,1H3. The molecule has 1 unspecified atom stereocenters. The van der Waals surface area contributed by atoms with Gasteiger partial charge >= 0.3 is 0 Å². The van der Waals surface area contributed by atoms with Crippen LogP contribution in [0.25, 0.3) is 0 Å². The molecule has 1 saturated heterocycles. The maximum absolute atomic E-state index is 6.15. The van der Waals surface area contributed by atoms with Gasteiger partial charge in [-0.1, -0.05) is 23.7 Å². The lowest BCUT2D eigenvalue weighted by atomic mass is 9.96. The Morgan fingerprint density at radius 3 is 3.11 bits per heavy atom. The summed E-state index contributed by atoms with van der Waals surface area (Å²) >= 11 is 6.15. The third kappa shape index (κ3) is 2.96. The number of anilines is 1. The number of likely N-dealkylation sites (tertiary alicyclic amines) is 1. The number of hydrogen-bond donors (Lipinski definition) is 0. The van der Waals surface area contributed by atoms with E-state index in [-0.39, 0.29) is 0 Å². The van der Waals surface area contributed by atoms with Crippen molar-refractivity contribution in [2.75, 3.05) is 31.6 Å². The number of benzene rings is 1. The van der Waals surface area contributed by atoms with Crippen molar-refractivity contribution < 1.29 is 0 Å². The van der Waals surface area contributed by atoms with E-state index in [0.29, 0.717) is 0 Å². The normalized spacial score (nSPS) is 23.5. The SMILES string of the molecule is CN1CCCC(CN2C=CCc3ccc(Cl)cc32)C1. The van der Waals surface area contributed by atoms with Crippen LogP contribution in [0.1, 0.15) is 18.4 Å². The van der Waals surface area contributed by atoms with Gasteiger partial charge in [0.2, 0.25) is 0 Å². The summed E-state index contributed by atoms with van der Waals surface area (Å²) < 4.78 is 0. The lowest BCUT2D eigenvalue weighted by Gasteiger charge is -2.35. The van der Waals surface area contributed by atoms with Crippen LogP contribution in [0.5, 0.6) is 0 Å². The van der Waals surface area contributed by atoms with Crippen LogP contribution in [-0.4, -0.2) is 31.6 Å². The molecule has 2 nitrogen and oxygen atoms in total. The first-order valence-electron chi connectivity index (χ1n) is 7.12. The molecule has 2 aliphatic rings. The topological polar surface area (TPSA) is 6.48 Å². The van der Waals surface area contributed by atoms with Gasteiger partial charge < -0.3 is 9.80 Å². The molecule has 19 heavy (non-hydrogen) atoms. The van der Waals surface area contributed by atoms with Gasteiger partial charge in [0.05, 0.1) is 0 Å². The number of halogens is 1. The molecule has 1 aromatic carbocycles. The fourth-order valence-electron chi connectivity index (χ4n) is 3.22. The molecule has 0 aromatic heterocycles. The molecule has 2 aliphatic heterocycles. The minimum absolute atomic E-state index is 0.758. The average molecular weight is 277 g/mol. The first-order valence-corrected chi connectivity index (χ1v) is 7.50. The second-order valence-corrected chi connectivity index (χ2v) is 6.22. The van der Waals surface area contributed by atoms with Crippen molar-refractivity contribution in [2.24, 2.45) is 5.92 Å². The van der Waals surface area contributed by atoms with Crippen molar-refractivity contribution in [2.45, 2.75) is 19.3 Å². The molecule has 0 spiro atoms. The molecule has 0 aliphatic carbocycles. The molecule has 0 radical (unpaired) electrons. The van der Waals surface area contributed by atoms with E-state index in [4.69, 9.17) is 11.6 Å². The molecular formula is C16H21ClN2. The van der Waals surface area contributed by atoms with E-state index in [1.54, 1.807) is 0 Å². The van der Waals surface area contributed by atoms with Gasteiger partial charge in [-0.2, -0.15) is 0 Å². The van der Waals surface area contributed by atoms with Crippen LogP contribution in [0.3, 0.4) is 0 Å². The van der Waals surface area contributed by atoms with E-state index in [2.05, 4.69) is 41.3 Å². The molecule has 2 heterocycles. The number of nitrogens with zero attached hydrogens (tertiary/aromatic N) is 2. The highest BCUT2D eigenvalue weighted by atomic mass is 35.5. The van der Waals surface area contributed by atoms with Crippen LogP contribution in [-0.2, 0) is 6.42 Å². The lowest BCUT2D eigenvalue weighted by Crippen LogP contribution is -2.38. The van der Waals surface area contributed by atoms with Gasteiger partial charge in [-0.15, -0.1) is 0 Å². The molecule has 0 saturated carbocycles. The summed E-state index contributed by atoms with van der Waals surface area (Å²) in [5.74, 6) is 0.758. The van der Waals surface area contributed by atoms with E-state index in [1.165, 1.54) is 37.2 Å². The molecule has 1 aromatic rings. The van der Waals surface area contributed by atoms with Crippen LogP contribution < -0.4 is 4.90 Å². The second kappa shape index (κ2) is 5.56. The lowest BCUT2D eigenvalue weighted by molar-refractivity contribution is 0.213. The van der Waals surface area contributed by atoms with Crippen molar-refractivity contribution in [1.29, 1.82) is 0 Å². The molecular weight excluding hydrogens is 256 g/mol. The summed E-state index contributed by atoms with van der Waals surface area (Å²) in [6.45, 7) is 3.56. The number of piperidine rings is 1. The number of hydrogen-bond acceptors (Lipinski definition) is 2. The Morgan fingerprint density at radius 2 is 2.26 bits per heavy atom. The average Bonchev–Trinajstić information content (AvgIpc) is 2.39. The summed E-state index contributed by atoms with van der Waals surface area (Å²) in [4.78, 5) is 4.83. The highest BCUT2D eigenvalue weighted by Gasteiger charge is 2.21. The minimum Gasteiger partial charge on any atom is -0.348 e. The zero-order valence-corrected chi connectivity index (χ0v) is 12.2. The van der Waals surface area contributed by atoms with Gasteiger partial charge in [-0.25, -0.2) is 0 Å². The third-order valence-electron chi connectivity index (χ3n) is 4.16.